The SMILES string of the molecule is COCCS(=O)(=O)CC(=O)N(C)CCC(=O)O. The fourth-order valence-electron chi connectivity index (χ4n) is 0.969. The summed E-state index contributed by atoms with van der Waals surface area (Å²) >= 11 is 0. The summed E-state index contributed by atoms with van der Waals surface area (Å²) in [5.74, 6) is -2.48. The van der Waals surface area contributed by atoms with Gasteiger partial charge in [-0.25, -0.2) is 8.42 Å². The second-order valence-electron chi connectivity index (χ2n) is 3.54. The predicted molar refractivity (Wildman–Crippen MR) is 60.4 cm³/mol. The maximum atomic E-state index is 11.4. The fourth-order valence-corrected chi connectivity index (χ4v) is 2.13. The van der Waals surface area contributed by atoms with E-state index in [0.717, 1.165) is 4.90 Å². The number of methoxy groups -OCH3 is 1. The van der Waals surface area contributed by atoms with Gasteiger partial charge in [0.2, 0.25) is 5.91 Å². The molecule has 0 spiro atoms. The Morgan fingerprint density at radius 1 is 1.35 bits per heavy atom. The zero-order valence-corrected chi connectivity index (χ0v) is 10.7. The number of carboxylic acids is 1. The fraction of sp³-hybridized carbons (Fsp3) is 0.778. The van der Waals surface area contributed by atoms with E-state index in [1.54, 1.807) is 0 Å². The van der Waals surface area contributed by atoms with E-state index in [0.29, 0.717) is 0 Å². The standard InChI is InChI=1S/C9H17NO6S/c1-10(4-3-9(12)13)8(11)7-17(14,15)6-5-16-2/h3-7H2,1-2H3,(H,12,13). The molecule has 0 aromatic heterocycles. The maximum Gasteiger partial charge on any atom is 0.305 e. The van der Waals surface area contributed by atoms with Crippen molar-refractivity contribution in [1.29, 1.82) is 0 Å². The third kappa shape index (κ3) is 7.70. The quantitative estimate of drug-likeness (QED) is 0.604. The number of rotatable bonds is 8. The Labute approximate surface area is 100 Å². The van der Waals surface area contributed by atoms with E-state index < -0.39 is 27.5 Å². The summed E-state index contributed by atoms with van der Waals surface area (Å²) in [6.07, 6.45) is -0.208. The Hall–Kier alpha value is -1.15. The van der Waals surface area contributed by atoms with Crippen molar-refractivity contribution in [3.8, 4) is 0 Å². The number of hydrogen-bond donors (Lipinski definition) is 1. The van der Waals surface area contributed by atoms with Crippen molar-refractivity contribution in [1.82, 2.24) is 4.90 Å². The van der Waals surface area contributed by atoms with Crippen LogP contribution in [-0.2, 0) is 24.2 Å². The molecule has 0 aliphatic heterocycles. The number of aliphatic carboxylic acids is 1. The summed E-state index contributed by atoms with van der Waals surface area (Å²) in [6.45, 7) is 0.0302. The number of amides is 1. The Morgan fingerprint density at radius 3 is 2.41 bits per heavy atom. The van der Waals surface area contributed by atoms with Crippen molar-refractivity contribution in [2.24, 2.45) is 0 Å². The summed E-state index contributed by atoms with van der Waals surface area (Å²) in [5.41, 5.74) is 0. The minimum atomic E-state index is -3.49. The van der Waals surface area contributed by atoms with Crippen molar-refractivity contribution < 1.29 is 27.9 Å². The molecule has 0 heterocycles. The van der Waals surface area contributed by atoms with E-state index in [-0.39, 0.29) is 25.3 Å². The van der Waals surface area contributed by atoms with Crippen molar-refractivity contribution in [3.05, 3.63) is 0 Å². The minimum Gasteiger partial charge on any atom is -0.481 e. The highest BCUT2D eigenvalue weighted by Gasteiger charge is 2.19. The molecule has 100 valence electrons. The molecule has 1 N–H and O–H groups in total. The van der Waals surface area contributed by atoms with Gasteiger partial charge in [0.05, 0.1) is 18.8 Å². The summed E-state index contributed by atoms with van der Waals surface area (Å²) < 4.78 is 27.4. The van der Waals surface area contributed by atoms with Crippen molar-refractivity contribution >= 4 is 21.7 Å². The first kappa shape index (κ1) is 15.9. The number of nitrogens with zero attached hydrogens (tertiary/aromatic N) is 1. The summed E-state index contributed by atoms with van der Waals surface area (Å²) in [4.78, 5) is 22.8. The third-order valence-electron chi connectivity index (χ3n) is 2.03. The molecule has 0 unspecified atom stereocenters. The highest BCUT2D eigenvalue weighted by molar-refractivity contribution is 7.92. The summed E-state index contributed by atoms with van der Waals surface area (Å²) in [7, 11) is -0.747. The van der Waals surface area contributed by atoms with Gasteiger partial charge in [0.25, 0.3) is 0 Å². The summed E-state index contributed by atoms with van der Waals surface area (Å²) in [6, 6.07) is 0. The second-order valence-corrected chi connectivity index (χ2v) is 5.73. The van der Waals surface area contributed by atoms with Gasteiger partial charge in [-0.1, -0.05) is 0 Å². The molecule has 0 bridgehead atoms. The normalized spacial score (nSPS) is 11.2. The molecule has 0 saturated carbocycles. The Bertz CT molecular complexity index is 364. The highest BCUT2D eigenvalue weighted by Crippen LogP contribution is 1.96. The van der Waals surface area contributed by atoms with E-state index in [2.05, 4.69) is 4.74 Å². The Kier molecular flexibility index (Phi) is 6.74. The molecule has 0 aliphatic rings. The van der Waals surface area contributed by atoms with Crippen molar-refractivity contribution in [2.45, 2.75) is 6.42 Å². The first-order valence-electron chi connectivity index (χ1n) is 4.93. The van der Waals surface area contributed by atoms with Crippen LogP contribution >= 0.6 is 0 Å². The van der Waals surface area contributed by atoms with Gasteiger partial charge in [-0.2, -0.15) is 0 Å². The van der Waals surface area contributed by atoms with Gasteiger partial charge >= 0.3 is 5.97 Å². The van der Waals surface area contributed by atoms with Crippen LogP contribution in [0.2, 0.25) is 0 Å². The number of carbonyl (C=O) groups excluding carboxylic acids is 1. The smallest absolute Gasteiger partial charge is 0.305 e. The number of sulfone groups is 1. The Morgan fingerprint density at radius 2 is 1.94 bits per heavy atom. The number of hydrogen-bond acceptors (Lipinski definition) is 5. The van der Waals surface area contributed by atoms with Crippen LogP contribution in [0.4, 0.5) is 0 Å². The van der Waals surface area contributed by atoms with Crippen LogP contribution in [0.1, 0.15) is 6.42 Å². The van der Waals surface area contributed by atoms with Gasteiger partial charge in [0.1, 0.15) is 5.75 Å². The Balaban J connectivity index is 4.19. The van der Waals surface area contributed by atoms with E-state index in [4.69, 9.17) is 5.11 Å². The van der Waals surface area contributed by atoms with Crippen LogP contribution in [0.15, 0.2) is 0 Å². The molecule has 0 radical (unpaired) electrons. The molecule has 0 rings (SSSR count). The van der Waals surface area contributed by atoms with Crippen molar-refractivity contribution in [3.63, 3.8) is 0 Å². The van der Waals surface area contributed by atoms with Crippen LogP contribution < -0.4 is 0 Å². The van der Waals surface area contributed by atoms with Crippen LogP contribution in [0.25, 0.3) is 0 Å². The predicted octanol–water partition coefficient (Wildman–Crippen LogP) is -1.02. The average Bonchev–Trinajstić information content (AvgIpc) is 2.22. The lowest BCUT2D eigenvalue weighted by Gasteiger charge is -2.15. The van der Waals surface area contributed by atoms with Gasteiger partial charge in [-0.3, -0.25) is 9.59 Å². The molecule has 0 saturated heterocycles. The molecule has 17 heavy (non-hydrogen) atoms. The number of ether oxygens (including phenoxy) is 1. The molecule has 0 fully saturated rings. The minimum absolute atomic E-state index is 0.00599. The zero-order chi connectivity index (χ0) is 13.5. The first-order valence-corrected chi connectivity index (χ1v) is 6.75. The van der Waals surface area contributed by atoms with Crippen LogP contribution in [0.3, 0.4) is 0 Å². The average molecular weight is 267 g/mol. The molecule has 7 nitrogen and oxygen atoms in total. The van der Waals surface area contributed by atoms with Crippen LogP contribution in [0.5, 0.6) is 0 Å². The van der Waals surface area contributed by atoms with E-state index >= 15 is 0 Å². The lowest BCUT2D eigenvalue weighted by molar-refractivity contribution is -0.137. The lowest BCUT2D eigenvalue weighted by atomic mass is 10.4. The van der Waals surface area contributed by atoms with E-state index in [1.165, 1.54) is 14.2 Å². The zero-order valence-electron chi connectivity index (χ0n) is 9.88. The topological polar surface area (TPSA) is 101 Å². The molecule has 0 aromatic carbocycles. The molecule has 0 aliphatic carbocycles. The number of carboxylic acid groups (broad SMARTS) is 1. The van der Waals surface area contributed by atoms with E-state index in [9.17, 15) is 18.0 Å². The van der Waals surface area contributed by atoms with Gasteiger partial charge in [-0.15, -0.1) is 0 Å². The second kappa shape index (κ2) is 7.23. The number of carbonyl (C=O) groups is 2. The lowest BCUT2D eigenvalue weighted by Crippen LogP contribution is -2.35. The first-order chi connectivity index (χ1) is 7.78. The summed E-state index contributed by atoms with van der Waals surface area (Å²) in [5, 5.41) is 8.42. The largest absolute Gasteiger partial charge is 0.481 e. The van der Waals surface area contributed by atoms with E-state index in [1.807, 2.05) is 0 Å². The van der Waals surface area contributed by atoms with Crippen LogP contribution in [0, 0.1) is 0 Å². The van der Waals surface area contributed by atoms with Gasteiger partial charge in [0.15, 0.2) is 9.84 Å². The molecule has 0 aromatic rings. The molecule has 8 heteroatoms. The van der Waals surface area contributed by atoms with Gasteiger partial charge in [-0.05, 0) is 0 Å². The molecule has 1 amide bonds. The highest BCUT2D eigenvalue weighted by atomic mass is 32.2. The molecular weight excluding hydrogens is 250 g/mol. The van der Waals surface area contributed by atoms with Gasteiger partial charge in [0, 0.05) is 20.7 Å². The molecular formula is C9H17NO6S. The maximum absolute atomic E-state index is 11.4. The third-order valence-corrected chi connectivity index (χ3v) is 3.50. The molecule has 0 atom stereocenters. The van der Waals surface area contributed by atoms with Gasteiger partial charge < -0.3 is 14.7 Å². The van der Waals surface area contributed by atoms with Crippen LogP contribution in [-0.4, -0.2) is 69.1 Å². The monoisotopic (exact) mass is 267 g/mol. The van der Waals surface area contributed by atoms with Crippen molar-refractivity contribution in [2.75, 3.05) is 38.8 Å².